The van der Waals surface area contributed by atoms with Crippen LogP contribution in [0.25, 0.3) is 33.1 Å². The molecule has 0 bridgehead atoms. The Balaban J connectivity index is 0.996. The van der Waals surface area contributed by atoms with Gasteiger partial charge in [0.15, 0.2) is 5.13 Å². The van der Waals surface area contributed by atoms with E-state index in [4.69, 9.17) is 4.98 Å². The molecule has 7 heteroatoms. The van der Waals surface area contributed by atoms with Gasteiger partial charge in [0.2, 0.25) is 0 Å². The van der Waals surface area contributed by atoms with Crippen molar-refractivity contribution in [3.05, 3.63) is 71.4 Å². The summed E-state index contributed by atoms with van der Waals surface area (Å²) in [6.07, 6.45) is 7.56. The quantitative estimate of drug-likeness (QED) is 0.289. The summed E-state index contributed by atoms with van der Waals surface area (Å²) in [5, 5.41) is 14.9. The topological polar surface area (TPSA) is 74.7 Å². The minimum Gasteiger partial charge on any atom is -0.361 e. The van der Waals surface area contributed by atoms with E-state index < -0.39 is 0 Å². The molecule has 2 N–H and O–H groups in total. The Labute approximate surface area is 208 Å². The summed E-state index contributed by atoms with van der Waals surface area (Å²) < 4.78 is 0. The van der Waals surface area contributed by atoms with Gasteiger partial charge in [-0.25, -0.2) is 4.98 Å². The van der Waals surface area contributed by atoms with Crippen molar-refractivity contribution in [3.8, 4) is 17.3 Å². The first kappa shape index (κ1) is 21.9. The van der Waals surface area contributed by atoms with Crippen LogP contribution in [0, 0.1) is 11.3 Å². The number of piperazine rings is 1. The van der Waals surface area contributed by atoms with Crippen LogP contribution in [0.1, 0.15) is 24.0 Å². The highest BCUT2D eigenvalue weighted by molar-refractivity contribution is 7.14. The maximum Gasteiger partial charge on any atom is 0.185 e. The number of hydrogen-bond donors (Lipinski definition) is 2. The fourth-order valence-corrected chi connectivity index (χ4v) is 5.96. The molecule has 4 heterocycles. The standard InChI is InChI=1S/C28H28N6S/c29-16-20-8-9-26-23(15-20)21(17-30-26)5-3-4-10-33-11-13-34(14-12-33)28-32-27(19-35-28)24-18-31-25-7-2-1-6-22(24)25/h1-2,6-9,15,17-19,30-31H,3-5,10-14H2. The Bertz CT molecular complexity index is 1490. The highest BCUT2D eigenvalue weighted by atomic mass is 32.1. The lowest BCUT2D eigenvalue weighted by Gasteiger charge is -2.34. The van der Waals surface area contributed by atoms with E-state index in [0.29, 0.717) is 0 Å². The molecule has 2 aromatic carbocycles. The number of nitriles is 1. The number of aryl methyl sites for hydroxylation is 1. The van der Waals surface area contributed by atoms with Gasteiger partial charge in [0.05, 0.1) is 17.3 Å². The number of rotatable bonds is 7. The van der Waals surface area contributed by atoms with Crippen molar-refractivity contribution in [1.29, 1.82) is 5.26 Å². The molecule has 0 unspecified atom stereocenters. The van der Waals surface area contributed by atoms with Crippen molar-refractivity contribution < 1.29 is 0 Å². The number of para-hydroxylation sites is 1. The molecule has 1 saturated heterocycles. The summed E-state index contributed by atoms with van der Waals surface area (Å²) in [4.78, 5) is 16.7. The summed E-state index contributed by atoms with van der Waals surface area (Å²) >= 11 is 1.75. The van der Waals surface area contributed by atoms with Gasteiger partial charge in [-0.15, -0.1) is 11.3 Å². The number of fused-ring (bicyclic) bond motifs is 2. The van der Waals surface area contributed by atoms with Gasteiger partial charge in [-0.1, -0.05) is 18.2 Å². The first-order valence-electron chi connectivity index (χ1n) is 12.3. The van der Waals surface area contributed by atoms with Crippen LogP contribution in [0.15, 0.2) is 60.2 Å². The Hall–Kier alpha value is -3.60. The second-order valence-corrected chi connectivity index (χ2v) is 10.1. The molecule has 0 spiro atoms. The maximum absolute atomic E-state index is 9.18. The molecule has 0 radical (unpaired) electrons. The van der Waals surface area contributed by atoms with Crippen LogP contribution in [0.5, 0.6) is 0 Å². The van der Waals surface area contributed by atoms with Gasteiger partial charge in [0, 0.05) is 71.3 Å². The smallest absolute Gasteiger partial charge is 0.185 e. The van der Waals surface area contributed by atoms with Gasteiger partial charge >= 0.3 is 0 Å². The number of aromatic amines is 2. The molecule has 1 aliphatic heterocycles. The second kappa shape index (κ2) is 9.57. The first-order chi connectivity index (χ1) is 17.3. The molecule has 35 heavy (non-hydrogen) atoms. The van der Waals surface area contributed by atoms with Crippen LogP contribution >= 0.6 is 11.3 Å². The molecule has 0 amide bonds. The van der Waals surface area contributed by atoms with E-state index in [2.05, 4.69) is 67.9 Å². The average Bonchev–Trinajstić information content (AvgIpc) is 3.65. The van der Waals surface area contributed by atoms with E-state index in [-0.39, 0.29) is 0 Å². The highest BCUT2D eigenvalue weighted by Gasteiger charge is 2.20. The number of unbranched alkanes of at least 4 members (excludes halogenated alkanes) is 1. The molecule has 5 aromatic rings. The molecule has 6 nitrogen and oxygen atoms in total. The lowest BCUT2D eigenvalue weighted by molar-refractivity contribution is 0.253. The highest BCUT2D eigenvalue weighted by Crippen LogP contribution is 2.32. The van der Waals surface area contributed by atoms with Crippen LogP contribution in [0.3, 0.4) is 0 Å². The predicted molar refractivity (Wildman–Crippen MR) is 144 cm³/mol. The van der Waals surface area contributed by atoms with Crippen LogP contribution in [0.4, 0.5) is 5.13 Å². The second-order valence-electron chi connectivity index (χ2n) is 9.24. The minimum atomic E-state index is 0.727. The molecule has 176 valence electrons. The van der Waals surface area contributed by atoms with Gasteiger partial charge in [-0.05, 0) is 55.6 Å². The summed E-state index contributed by atoms with van der Waals surface area (Å²) in [5.74, 6) is 0. The summed E-state index contributed by atoms with van der Waals surface area (Å²) in [5.41, 5.74) is 6.55. The van der Waals surface area contributed by atoms with Crippen molar-refractivity contribution in [1.82, 2.24) is 19.9 Å². The molecule has 1 fully saturated rings. The zero-order valence-corrected chi connectivity index (χ0v) is 20.4. The number of hydrogen-bond acceptors (Lipinski definition) is 5. The van der Waals surface area contributed by atoms with Crippen molar-refractivity contribution >= 4 is 38.3 Å². The number of aromatic nitrogens is 3. The lowest BCUT2D eigenvalue weighted by atomic mass is 10.1. The van der Waals surface area contributed by atoms with E-state index in [1.54, 1.807) is 11.3 Å². The monoisotopic (exact) mass is 480 g/mol. The van der Waals surface area contributed by atoms with E-state index in [1.807, 2.05) is 18.2 Å². The summed E-state index contributed by atoms with van der Waals surface area (Å²) in [6.45, 7) is 5.36. The molecule has 3 aromatic heterocycles. The normalized spacial score (nSPS) is 14.7. The fourth-order valence-electron chi connectivity index (χ4n) is 5.09. The van der Waals surface area contributed by atoms with Crippen LogP contribution in [0.2, 0.25) is 0 Å². The van der Waals surface area contributed by atoms with Gasteiger partial charge in [0.25, 0.3) is 0 Å². The van der Waals surface area contributed by atoms with Gasteiger partial charge in [-0.2, -0.15) is 5.26 Å². The van der Waals surface area contributed by atoms with Crippen LogP contribution < -0.4 is 4.90 Å². The number of thiazole rings is 1. The Kier molecular flexibility index (Phi) is 5.99. The maximum atomic E-state index is 9.18. The Morgan fingerprint density at radius 1 is 0.943 bits per heavy atom. The Morgan fingerprint density at radius 3 is 2.66 bits per heavy atom. The molecule has 1 aliphatic rings. The van der Waals surface area contributed by atoms with Crippen molar-refractivity contribution in [3.63, 3.8) is 0 Å². The minimum absolute atomic E-state index is 0.727. The van der Waals surface area contributed by atoms with Gasteiger partial charge in [0.1, 0.15) is 0 Å². The van der Waals surface area contributed by atoms with Crippen LogP contribution in [-0.4, -0.2) is 52.6 Å². The third kappa shape index (κ3) is 4.43. The fraction of sp³-hybridized carbons (Fsp3) is 0.286. The van der Waals surface area contributed by atoms with E-state index in [9.17, 15) is 5.26 Å². The molecule has 0 aliphatic carbocycles. The molecule has 0 saturated carbocycles. The number of nitrogens with one attached hydrogen (secondary N) is 2. The third-order valence-electron chi connectivity index (χ3n) is 7.07. The largest absolute Gasteiger partial charge is 0.361 e. The van der Waals surface area contributed by atoms with E-state index in [1.165, 1.54) is 28.3 Å². The van der Waals surface area contributed by atoms with Crippen molar-refractivity contribution in [2.24, 2.45) is 0 Å². The zero-order chi connectivity index (χ0) is 23.6. The van der Waals surface area contributed by atoms with Gasteiger partial charge in [-0.3, -0.25) is 4.90 Å². The van der Waals surface area contributed by atoms with Crippen molar-refractivity contribution in [2.45, 2.75) is 19.3 Å². The zero-order valence-electron chi connectivity index (χ0n) is 19.6. The average molecular weight is 481 g/mol. The van der Waals surface area contributed by atoms with Crippen molar-refractivity contribution in [2.75, 3.05) is 37.6 Å². The molecular weight excluding hydrogens is 452 g/mol. The summed E-state index contributed by atoms with van der Waals surface area (Å²) in [7, 11) is 0. The number of H-pyrrole nitrogens is 2. The molecular formula is C28H28N6S. The number of nitrogens with zero attached hydrogens (tertiary/aromatic N) is 4. The van der Waals surface area contributed by atoms with Crippen LogP contribution in [-0.2, 0) is 6.42 Å². The van der Waals surface area contributed by atoms with E-state index in [0.717, 1.165) is 73.0 Å². The lowest BCUT2D eigenvalue weighted by Crippen LogP contribution is -2.46. The molecule has 0 atom stereocenters. The number of benzene rings is 2. The summed E-state index contributed by atoms with van der Waals surface area (Å²) in [6, 6.07) is 16.5. The van der Waals surface area contributed by atoms with Gasteiger partial charge < -0.3 is 14.9 Å². The number of anilines is 1. The predicted octanol–water partition coefficient (Wildman–Crippen LogP) is 5.79. The van der Waals surface area contributed by atoms with E-state index >= 15 is 0 Å². The molecule has 6 rings (SSSR count). The SMILES string of the molecule is N#Cc1ccc2[nH]cc(CCCCN3CCN(c4nc(-c5c[nH]c6ccccc56)cs4)CC3)c2c1. The first-order valence-corrected chi connectivity index (χ1v) is 13.2. The third-order valence-corrected chi connectivity index (χ3v) is 7.97. The Morgan fingerprint density at radius 2 is 1.77 bits per heavy atom.